The zero-order chi connectivity index (χ0) is 22.4. The third-order valence-electron chi connectivity index (χ3n) is 4.59. The van der Waals surface area contributed by atoms with Crippen LogP contribution in [0.2, 0.25) is 0 Å². The lowest BCUT2D eigenvalue weighted by Crippen LogP contribution is -2.38. The van der Waals surface area contributed by atoms with Crippen LogP contribution in [-0.4, -0.2) is 35.1 Å². The lowest BCUT2D eigenvalue weighted by molar-refractivity contribution is -0.114. The molecule has 0 atom stereocenters. The van der Waals surface area contributed by atoms with Gasteiger partial charge in [0.25, 0.3) is 10.0 Å². The number of amides is 1. The van der Waals surface area contributed by atoms with Crippen LogP contribution in [-0.2, 0) is 14.8 Å². The van der Waals surface area contributed by atoms with Crippen molar-refractivity contribution in [2.75, 3.05) is 30.4 Å². The Labute approximate surface area is 182 Å². The smallest absolute Gasteiger partial charge is 0.268 e. The Morgan fingerprint density at radius 2 is 1.61 bits per heavy atom. The van der Waals surface area contributed by atoms with Gasteiger partial charge in [-0.2, -0.15) is 0 Å². The summed E-state index contributed by atoms with van der Waals surface area (Å²) in [5.74, 6) is 0.299. The number of nitrogens with one attached hydrogen (secondary N) is 1. The number of methoxy groups -OCH3 is 2. The first kappa shape index (κ1) is 22.2. The van der Waals surface area contributed by atoms with Crippen molar-refractivity contribution >= 4 is 27.3 Å². The maximum absolute atomic E-state index is 13.6. The molecule has 0 aliphatic rings. The second-order valence-corrected chi connectivity index (χ2v) is 8.61. The second-order valence-electron chi connectivity index (χ2n) is 6.78. The van der Waals surface area contributed by atoms with Crippen LogP contribution in [0, 0.1) is 6.92 Å². The maximum atomic E-state index is 13.6. The van der Waals surface area contributed by atoms with E-state index in [1.165, 1.54) is 20.3 Å². The highest BCUT2D eigenvalue weighted by Crippen LogP contribution is 2.31. The number of sulfonamides is 1. The molecule has 1 amide bonds. The van der Waals surface area contributed by atoms with Gasteiger partial charge in [0, 0.05) is 5.69 Å². The van der Waals surface area contributed by atoms with Gasteiger partial charge < -0.3 is 14.8 Å². The third kappa shape index (κ3) is 5.16. The van der Waals surface area contributed by atoms with E-state index in [1.54, 1.807) is 67.6 Å². The highest BCUT2D eigenvalue weighted by atomic mass is 32.2. The standard InChI is InChI=1S/C23H24N2O5S/c1-17-9-14-21(30-3)22(15-17)31(27,28)25(19-10-12-20(29-2)13-11-19)16-23(26)24-18-7-5-4-6-8-18/h4-15H,16H2,1-3H3,(H,24,26). The second kappa shape index (κ2) is 9.53. The number of carbonyl (C=O) groups is 1. The minimum absolute atomic E-state index is 0.0154. The Kier molecular flexibility index (Phi) is 6.81. The number of carbonyl (C=O) groups excluding carboxylic acids is 1. The molecule has 7 nitrogen and oxygen atoms in total. The number of anilines is 2. The van der Waals surface area contributed by atoms with E-state index < -0.39 is 22.5 Å². The molecule has 3 aromatic rings. The zero-order valence-corrected chi connectivity index (χ0v) is 18.3. The highest BCUT2D eigenvalue weighted by Gasteiger charge is 2.30. The highest BCUT2D eigenvalue weighted by molar-refractivity contribution is 7.93. The van der Waals surface area contributed by atoms with Crippen LogP contribution in [0.25, 0.3) is 0 Å². The molecule has 0 bridgehead atoms. The van der Waals surface area contributed by atoms with Crippen molar-refractivity contribution in [3.05, 3.63) is 78.4 Å². The van der Waals surface area contributed by atoms with E-state index in [0.29, 0.717) is 17.1 Å². The van der Waals surface area contributed by atoms with E-state index in [2.05, 4.69) is 5.32 Å². The minimum atomic E-state index is -4.12. The van der Waals surface area contributed by atoms with Crippen LogP contribution in [0.15, 0.2) is 77.7 Å². The molecule has 0 saturated heterocycles. The normalized spacial score (nSPS) is 10.9. The van der Waals surface area contributed by atoms with Crippen molar-refractivity contribution in [1.82, 2.24) is 0 Å². The number of aryl methyl sites for hydroxylation is 1. The Balaban J connectivity index is 2.02. The summed E-state index contributed by atoms with van der Waals surface area (Å²) >= 11 is 0. The van der Waals surface area contributed by atoms with Gasteiger partial charge in [0.2, 0.25) is 5.91 Å². The molecule has 8 heteroatoms. The third-order valence-corrected chi connectivity index (χ3v) is 6.39. The lowest BCUT2D eigenvalue weighted by atomic mass is 10.2. The summed E-state index contributed by atoms with van der Waals surface area (Å²) in [6.07, 6.45) is 0. The molecule has 0 fully saturated rings. The predicted molar refractivity (Wildman–Crippen MR) is 120 cm³/mol. The first-order valence-corrected chi connectivity index (χ1v) is 11.0. The summed E-state index contributed by atoms with van der Waals surface area (Å²) < 4.78 is 38.8. The van der Waals surface area contributed by atoms with Gasteiger partial charge in [0.05, 0.1) is 19.9 Å². The van der Waals surface area contributed by atoms with Gasteiger partial charge in [-0.25, -0.2) is 8.42 Å². The van der Waals surface area contributed by atoms with Crippen LogP contribution in [0.4, 0.5) is 11.4 Å². The van der Waals surface area contributed by atoms with Crippen LogP contribution in [0.1, 0.15) is 5.56 Å². The number of rotatable bonds is 8. The van der Waals surface area contributed by atoms with Crippen molar-refractivity contribution in [2.45, 2.75) is 11.8 Å². The molecule has 0 spiro atoms. The first-order valence-electron chi connectivity index (χ1n) is 9.51. The Morgan fingerprint density at radius 3 is 2.23 bits per heavy atom. The van der Waals surface area contributed by atoms with Gasteiger partial charge >= 0.3 is 0 Å². The molecule has 0 saturated carbocycles. The molecule has 3 aromatic carbocycles. The van der Waals surface area contributed by atoms with Crippen LogP contribution >= 0.6 is 0 Å². The van der Waals surface area contributed by atoms with Gasteiger partial charge in [-0.05, 0) is 61.0 Å². The molecule has 0 radical (unpaired) electrons. The fourth-order valence-electron chi connectivity index (χ4n) is 3.02. The Hall–Kier alpha value is -3.52. The zero-order valence-electron chi connectivity index (χ0n) is 17.5. The molecule has 0 unspecified atom stereocenters. The summed E-state index contributed by atoms with van der Waals surface area (Å²) in [6.45, 7) is 1.37. The molecule has 1 N–H and O–H groups in total. The molecule has 0 heterocycles. The molecule has 0 aliphatic heterocycles. The number of para-hydroxylation sites is 1. The van der Waals surface area contributed by atoms with Crippen LogP contribution in [0.3, 0.4) is 0 Å². The van der Waals surface area contributed by atoms with E-state index in [9.17, 15) is 13.2 Å². The van der Waals surface area contributed by atoms with E-state index in [4.69, 9.17) is 9.47 Å². The van der Waals surface area contributed by atoms with Crippen molar-refractivity contribution in [3.63, 3.8) is 0 Å². The maximum Gasteiger partial charge on any atom is 0.268 e. The summed E-state index contributed by atoms with van der Waals surface area (Å²) in [6, 6.07) is 20.2. The van der Waals surface area contributed by atoms with Crippen molar-refractivity contribution < 1.29 is 22.7 Å². The minimum Gasteiger partial charge on any atom is -0.497 e. The lowest BCUT2D eigenvalue weighted by Gasteiger charge is -2.25. The average molecular weight is 441 g/mol. The van der Waals surface area contributed by atoms with Gasteiger partial charge in [-0.15, -0.1) is 0 Å². The number of hydrogen-bond acceptors (Lipinski definition) is 5. The quantitative estimate of drug-likeness (QED) is 0.575. The number of nitrogens with zero attached hydrogens (tertiary/aromatic N) is 1. The van der Waals surface area contributed by atoms with E-state index in [0.717, 1.165) is 9.87 Å². The average Bonchev–Trinajstić information content (AvgIpc) is 2.78. The monoisotopic (exact) mass is 440 g/mol. The first-order chi connectivity index (χ1) is 14.8. The molecule has 162 valence electrons. The fourth-order valence-corrected chi connectivity index (χ4v) is 4.68. The van der Waals surface area contributed by atoms with Gasteiger partial charge in [0.1, 0.15) is 22.9 Å². The van der Waals surface area contributed by atoms with Crippen molar-refractivity contribution in [3.8, 4) is 11.5 Å². The van der Waals surface area contributed by atoms with Crippen molar-refractivity contribution in [2.24, 2.45) is 0 Å². The summed E-state index contributed by atoms with van der Waals surface area (Å²) in [7, 11) is -1.19. The largest absolute Gasteiger partial charge is 0.497 e. The Bertz CT molecular complexity index is 1150. The van der Waals surface area contributed by atoms with Gasteiger partial charge in [-0.1, -0.05) is 24.3 Å². The topological polar surface area (TPSA) is 84.9 Å². The number of ether oxygens (including phenoxy) is 2. The molecule has 0 aromatic heterocycles. The van der Waals surface area contributed by atoms with E-state index in [1.807, 2.05) is 6.07 Å². The van der Waals surface area contributed by atoms with Gasteiger partial charge in [-0.3, -0.25) is 9.10 Å². The molecular weight excluding hydrogens is 416 g/mol. The van der Waals surface area contributed by atoms with Crippen LogP contribution < -0.4 is 19.1 Å². The van der Waals surface area contributed by atoms with E-state index in [-0.39, 0.29) is 10.6 Å². The number of hydrogen-bond donors (Lipinski definition) is 1. The summed E-state index contributed by atoms with van der Waals surface area (Å²) in [5, 5.41) is 2.73. The summed E-state index contributed by atoms with van der Waals surface area (Å²) in [5.41, 5.74) is 1.66. The van der Waals surface area contributed by atoms with E-state index >= 15 is 0 Å². The molecule has 3 rings (SSSR count). The molecule has 0 aliphatic carbocycles. The SMILES string of the molecule is COc1ccc(N(CC(=O)Nc2ccccc2)S(=O)(=O)c2cc(C)ccc2OC)cc1. The van der Waals surface area contributed by atoms with Crippen LogP contribution in [0.5, 0.6) is 11.5 Å². The summed E-state index contributed by atoms with van der Waals surface area (Å²) in [4.78, 5) is 12.7. The van der Waals surface area contributed by atoms with Gasteiger partial charge in [0.15, 0.2) is 0 Å². The molecule has 31 heavy (non-hydrogen) atoms. The number of benzene rings is 3. The predicted octanol–water partition coefficient (Wildman–Crippen LogP) is 3.85. The van der Waals surface area contributed by atoms with Crippen molar-refractivity contribution in [1.29, 1.82) is 0 Å². The fraction of sp³-hybridized carbons (Fsp3) is 0.174. The Morgan fingerprint density at radius 1 is 0.935 bits per heavy atom. The molecular formula is C23H24N2O5S.